The van der Waals surface area contributed by atoms with Gasteiger partial charge >= 0.3 is 0 Å². The van der Waals surface area contributed by atoms with Gasteiger partial charge in [0.2, 0.25) is 21.8 Å². The Bertz CT molecular complexity index is 875. The quantitative estimate of drug-likeness (QED) is 0.740. The predicted molar refractivity (Wildman–Crippen MR) is 110 cm³/mol. The summed E-state index contributed by atoms with van der Waals surface area (Å²) in [6.07, 6.45) is 6.97. The molecule has 0 saturated heterocycles. The van der Waals surface area contributed by atoms with Crippen molar-refractivity contribution in [2.75, 3.05) is 18.9 Å². The largest absolute Gasteiger partial charge is 0.349 e. The molecule has 29 heavy (non-hydrogen) atoms. The van der Waals surface area contributed by atoms with E-state index >= 15 is 0 Å². The maximum atomic E-state index is 12.8. The van der Waals surface area contributed by atoms with Crippen LogP contribution in [-0.2, 0) is 19.6 Å². The molecule has 0 unspecified atom stereocenters. The first-order chi connectivity index (χ1) is 13.6. The molecule has 4 aliphatic rings. The summed E-state index contributed by atoms with van der Waals surface area (Å²) in [5.41, 5.74) is 0.398. The van der Waals surface area contributed by atoms with Crippen molar-refractivity contribution in [3.63, 3.8) is 0 Å². The van der Waals surface area contributed by atoms with Crippen LogP contribution in [0, 0.1) is 17.8 Å². The standard InChI is InChI=1S/C21H29N3O4S/c1-14(25)22-18-3-5-19(6-4-18)29(27,28)24(2)13-20(26)23-21-10-15-7-16(11-21)9-17(8-15)12-21/h3-6,15-17H,7-13H2,1-2H3,(H,22,25)(H,23,26). The molecule has 158 valence electrons. The van der Waals surface area contributed by atoms with Gasteiger partial charge in [-0.1, -0.05) is 0 Å². The van der Waals surface area contributed by atoms with Crippen LogP contribution >= 0.6 is 0 Å². The molecule has 4 aliphatic carbocycles. The zero-order chi connectivity index (χ0) is 20.8. The Labute approximate surface area is 172 Å². The van der Waals surface area contributed by atoms with Crippen molar-refractivity contribution < 1.29 is 18.0 Å². The van der Waals surface area contributed by atoms with Crippen molar-refractivity contribution in [3.05, 3.63) is 24.3 Å². The highest BCUT2D eigenvalue weighted by Crippen LogP contribution is 2.55. The maximum Gasteiger partial charge on any atom is 0.243 e. The summed E-state index contributed by atoms with van der Waals surface area (Å²) in [7, 11) is -2.36. The normalized spacial score (nSPS) is 30.4. The minimum absolute atomic E-state index is 0.0942. The van der Waals surface area contributed by atoms with Crippen molar-refractivity contribution in [2.45, 2.75) is 55.9 Å². The molecule has 2 N–H and O–H groups in total. The molecule has 0 radical (unpaired) electrons. The SMILES string of the molecule is CC(=O)Nc1ccc(S(=O)(=O)N(C)CC(=O)NC23CC4CC(CC(C4)C2)C3)cc1. The number of likely N-dealkylation sites (N-methyl/N-ethyl adjacent to an activating group) is 1. The van der Waals surface area contributed by atoms with E-state index in [1.165, 1.54) is 57.5 Å². The van der Waals surface area contributed by atoms with Crippen LogP contribution in [0.4, 0.5) is 5.69 Å². The van der Waals surface area contributed by atoms with Gasteiger partial charge in [0.25, 0.3) is 0 Å². The minimum Gasteiger partial charge on any atom is -0.349 e. The molecule has 2 amide bonds. The first-order valence-corrected chi connectivity index (χ1v) is 11.7. The number of benzene rings is 1. The molecule has 0 spiro atoms. The van der Waals surface area contributed by atoms with Gasteiger partial charge in [0.05, 0.1) is 11.4 Å². The fourth-order valence-corrected chi connectivity index (χ4v) is 7.11. The lowest BCUT2D eigenvalue weighted by atomic mass is 9.53. The molecular formula is C21H29N3O4S. The number of carbonyl (C=O) groups excluding carboxylic acids is 2. The van der Waals surface area contributed by atoms with E-state index in [4.69, 9.17) is 0 Å². The number of rotatable bonds is 6. The number of carbonyl (C=O) groups is 2. The average molecular weight is 420 g/mol. The number of hydrogen-bond donors (Lipinski definition) is 2. The van der Waals surface area contributed by atoms with Crippen LogP contribution in [0.5, 0.6) is 0 Å². The van der Waals surface area contributed by atoms with Crippen molar-refractivity contribution in [1.29, 1.82) is 0 Å². The van der Waals surface area contributed by atoms with Crippen LogP contribution in [0.2, 0.25) is 0 Å². The summed E-state index contributed by atoms with van der Waals surface area (Å²) < 4.78 is 26.7. The zero-order valence-corrected chi connectivity index (χ0v) is 17.8. The van der Waals surface area contributed by atoms with E-state index in [-0.39, 0.29) is 28.8 Å². The molecule has 1 aromatic carbocycles. The lowest BCUT2D eigenvalue weighted by Gasteiger charge is -2.57. The number of hydrogen-bond acceptors (Lipinski definition) is 4. The molecule has 0 aliphatic heterocycles. The van der Waals surface area contributed by atoms with Gasteiger partial charge in [-0.25, -0.2) is 8.42 Å². The Balaban J connectivity index is 1.40. The van der Waals surface area contributed by atoms with Crippen molar-refractivity contribution in [1.82, 2.24) is 9.62 Å². The number of nitrogens with zero attached hydrogens (tertiary/aromatic N) is 1. The summed E-state index contributed by atoms with van der Waals surface area (Å²) in [5.74, 6) is 1.69. The van der Waals surface area contributed by atoms with Gasteiger partial charge in [0.1, 0.15) is 0 Å². The van der Waals surface area contributed by atoms with E-state index < -0.39 is 10.0 Å². The Kier molecular flexibility index (Phi) is 5.19. The summed E-state index contributed by atoms with van der Waals surface area (Å²) >= 11 is 0. The van der Waals surface area contributed by atoms with Crippen LogP contribution in [-0.4, -0.2) is 43.7 Å². The van der Waals surface area contributed by atoms with Gasteiger partial charge in [-0.3, -0.25) is 9.59 Å². The highest BCUT2D eigenvalue weighted by molar-refractivity contribution is 7.89. The number of sulfonamides is 1. The second-order valence-electron chi connectivity index (χ2n) is 9.21. The number of amides is 2. The van der Waals surface area contributed by atoms with Gasteiger partial charge in [-0.05, 0) is 80.5 Å². The summed E-state index contributed by atoms with van der Waals surface area (Å²) in [6, 6.07) is 5.96. The Morgan fingerprint density at radius 2 is 1.55 bits per heavy atom. The molecule has 0 aromatic heterocycles. The van der Waals surface area contributed by atoms with Crippen molar-refractivity contribution in [2.24, 2.45) is 17.8 Å². The van der Waals surface area contributed by atoms with Gasteiger partial charge < -0.3 is 10.6 Å². The lowest BCUT2D eigenvalue weighted by Crippen LogP contribution is -2.61. The molecule has 0 heterocycles. The maximum absolute atomic E-state index is 12.8. The van der Waals surface area contributed by atoms with E-state index in [1.807, 2.05) is 0 Å². The first-order valence-electron chi connectivity index (χ1n) is 10.3. The van der Waals surface area contributed by atoms with E-state index in [0.29, 0.717) is 23.4 Å². The van der Waals surface area contributed by atoms with Gasteiger partial charge in [0.15, 0.2) is 0 Å². The molecule has 7 nitrogen and oxygen atoms in total. The third-order valence-corrected chi connectivity index (χ3v) is 8.51. The van der Waals surface area contributed by atoms with Crippen LogP contribution < -0.4 is 10.6 Å². The van der Waals surface area contributed by atoms with E-state index in [2.05, 4.69) is 10.6 Å². The highest BCUT2D eigenvalue weighted by atomic mass is 32.2. The monoisotopic (exact) mass is 419 g/mol. The Morgan fingerprint density at radius 3 is 2.03 bits per heavy atom. The zero-order valence-electron chi connectivity index (χ0n) is 17.0. The highest BCUT2D eigenvalue weighted by Gasteiger charge is 2.51. The molecule has 4 saturated carbocycles. The second kappa shape index (κ2) is 7.40. The molecule has 0 atom stereocenters. The van der Waals surface area contributed by atoms with Crippen LogP contribution in [0.1, 0.15) is 45.4 Å². The van der Waals surface area contributed by atoms with Crippen LogP contribution in [0.15, 0.2) is 29.2 Å². The first kappa shape index (κ1) is 20.3. The van der Waals surface area contributed by atoms with Crippen molar-refractivity contribution >= 4 is 27.5 Å². The fourth-order valence-electron chi connectivity index (χ4n) is 5.98. The molecule has 5 rings (SSSR count). The molecular weight excluding hydrogens is 390 g/mol. The minimum atomic E-state index is -3.79. The summed E-state index contributed by atoms with van der Waals surface area (Å²) in [5, 5.41) is 5.82. The molecule has 8 heteroatoms. The number of anilines is 1. The average Bonchev–Trinajstić information content (AvgIpc) is 2.59. The smallest absolute Gasteiger partial charge is 0.243 e. The summed E-state index contributed by atoms with van der Waals surface area (Å²) in [6.45, 7) is 1.19. The van der Waals surface area contributed by atoms with E-state index in [0.717, 1.165) is 23.6 Å². The topological polar surface area (TPSA) is 95.6 Å². The van der Waals surface area contributed by atoms with Crippen molar-refractivity contribution in [3.8, 4) is 0 Å². The van der Waals surface area contributed by atoms with Gasteiger partial charge in [0, 0.05) is 25.2 Å². The van der Waals surface area contributed by atoms with E-state index in [9.17, 15) is 18.0 Å². The Morgan fingerprint density at radius 1 is 1.03 bits per heavy atom. The van der Waals surface area contributed by atoms with Crippen LogP contribution in [0.25, 0.3) is 0 Å². The number of nitrogens with one attached hydrogen (secondary N) is 2. The molecule has 4 bridgehead atoms. The second-order valence-corrected chi connectivity index (χ2v) is 11.3. The van der Waals surface area contributed by atoms with Crippen LogP contribution in [0.3, 0.4) is 0 Å². The third-order valence-electron chi connectivity index (χ3n) is 6.69. The molecule has 4 fully saturated rings. The van der Waals surface area contributed by atoms with Gasteiger partial charge in [-0.15, -0.1) is 0 Å². The summed E-state index contributed by atoms with van der Waals surface area (Å²) in [4.78, 5) is 23.9. The van der Waals surface area contributed by atoms with E-state index in [1.54, 1.807) is 0 Å². The Hall–Kier alpha value is -1.93. The third kappa shape index (κ3) is 4.19. The fraction of sp³-hybridized carbons (Fsp3) is 0.619. The lowest BCUT2D eigenvalue weighted by molar-refractivity contribution is -0.126. The van der Waals surface area contributed by atoms with Gasteiger partial charge in [-0.2, -0.15) is 4.31 Å². The molecule has 1 aromatic rings. The predicted octanol–water partition coefficient (Wildman–Crippen LogP) is 2.35.